The number of ether oxygens (including phenoxy) is 1. The second kappa shape index (κ2) is 8.83. The van der Waals surface area contributed by atoms with Crippen LogP contribution in [-0.2, 0) is 11.3 Å². The molecule has 124 valence electrons. The fraction of sp³-hybridized carbons (Fsp3) is 0.211. The zero-order chi connectivity index (χ0) is 16.6. The number of rotatable bonds is 8. The van der Waals surface area contributed by atoms with E-state index in [2.05, 4.69) is 22.4 Å². The Kier molecular flexibility index (Phi) is 6.24. The van der Waals surface area contributed by atoms with E-state index >= 15 is 0 Å². The summed E-state index contributed by atoms with van der Waals surface area (Å²) in [4.78, 5) is 4.59. The van der Waals surface area contributed by atoms with Crippen molar-refractivity contribution in [3.8, 4) is 11.3 Å². The molecule has 0 unspecified atom stereocenters. The predicted molar refractivity (Wildman–Crippen MR) is 102 cm³/mol. The van der Waals surface area contributed by atoms with Crippen LogP contribution in [-0.4, -0.2) is 18.1 Å². The van der Waals surface area contributed by atoms with E-state index in [1.54, 1.807) is 11.3 Å². The molecule has 1 N–H and O–H groups in total. The van der Waals surface area contributed by atoms with Crippen LogP contribution in [0.25, 0.3) is 11.3 Å². The molecule has 24 heavy (non-hydrogen) atoms. The molecule has 0 aliphatic rings. The Bertz CT molecular complexity index is 761. The lowest BCUT2D eigenvalue weighted by molar-refractivity contribution is 0.120. The van der Waals surface area contributed by atoms with E-state index in [9.17, 15) is 0 Å². The molecule has 3 aromatic rings. The van der Waals surface area contributed by atoms with Gasteiger partial charge < -0.3 is 10.1 Å². The molecule has 2 aromatic carbocycles. The highest BCUT2D eigenvalue weighted by molar-refractivity contribution is 7.14. The third-order valence-electron chi connectivity index (χ3n) is 3.51. The largest absolute Gasteiger partial charge is 0.377 e. The van der Waals surface area contributed by atoms with Crippen LogP contribution in [0.15, 0.2) is 60.0 Å². The van der Waals surface area contributed by atoms with Crippen LogP contribution in [0.1, 0.15) is 12.0 Å². The number of halogens is 1. The first kappa shape index (κ1) is 17.0. The molecule has 0 bridgehead atoms. The highest BCUT2D eigenvalue weighted by Gasteiger charge is 2.07. The Hall–Kier alpha value is -1.88. The van der Waals surface area contributed by atoms with E-state index in [0.29, 0.717) is 6.61 Å². The zero-order valence-electron chi connectivity index (χ0n) is 13.2. The fourth-order valence-electron chi connectivity index (χ4n) is 2.28. The summed E-state index contributed by atoms with van der Waals surface area (Å²) in [7, 11) is 0. The number of nitrogens with one attached hydrogen (secondary N) is 1. The number of hydrogen-bond acceptors (Lipinski definition) is 4. The standard InChI is InChI=1S/C19H19ClN2OS/c20-17-10-5-4-9-16(17)18-14-24-19(22-18)21-11-6-12-23-13-15-7-2-1-3-8-15/h1-5,7-10,14H,6,11-13H2,(H,21,22). The highest BCUT2D eigenvalue weighted by Crippen LogP contribution is 2.30. The molecule has 0 aliphatic heterocycles. The molecular formula is C19H19ClN2OS. The van der Waals surface area contributed by atoms with Crippen molar-refractivity contribution in [2.45, 2.75) is 13.0 Å². The first-order valence-electron chi connectivity index (χ1n) is 7.89. The Morgan fingerprint density at radius 1 is 1.04 bits per heavy atom. The van der Waals surface area contributed by atoms with E-state index in [4.69, 9.17) is 16.3 Å². The summed E-state index contributed by atoms with van der Waals surface area (Å²) >= 11 is 7.80. The summed E-state index contributed by atoms with van der Waals surface area (Å²) in [6.45, 7) is 2.23. The Morgan fingerprint density at radius 3 is 2.67 bits per heavy atom. The number of nitrogens with zero attached hydrogens (tertiary/aromatic N) is 1. The summed E-state index contributed by atoms with van der Waals surface area (Å²) in [5.74, 6) is 0. The first-order chi connectivity index (χ1) is 11.8. The fourth-order valence-corrected chi connectivity index (χ4v) is 3.25. The lowest BCUT2D eigenvalue weighted by atomic mass is 10.2. The average Bonchev–Trinajstić information content (AvgIpc) is 3.08. The van der Waals surface area contributed by atoms with Crippen molar-refractivity contribution >= 4 is 28.1 Å². The summed E-state index contributed by atoms with van der Waals surface area (Å²) in [5, 5.41) is 7.00. The van der Waals surface area contributed by atoms with E-state index < -0.39 is 0 Å². The quantitative estimate of drug-likeness (QED) is 0.541. The lowest BCUT2D eigenvalue weighted by Crippen LogP contribution is -2.05. The van der Waals surface area contributed by atoms with Crippen molar-refractivity contribution in [1.82, 2.24) is 4.98 Å². The third kappa shape index (κ3) is 4.81. The molecule has 0 saturated carbocycles. The van der Waals surface area contributed by atoms with Crippen molar-refractivity contribution in [1.29, 1.82) is 0 Å². The monoisotopic (exact) mass is 358 g/mol. The van der Waals surface area contributed by atoms with Crippen molar-refractivity contribution < 1.29 is 4.74 Å². The second-order valence-corrected chi connectivity index (χ2v) is 6.60. The molecular weight excluding hydrogens is 340 g/mol. The Morgan fingerprint density at radius 2 is 1.83 bits per heavy atom. The van der Waals surface area contributed by atoms with Gasteiger partial charge in [0.2, 0.25) is 0 Å². The number of anilines is 1. The normalized spacial score (nSPS) is 10.7. The van der Waals surface area contributed by atoms with Crippen LogP contribution in [0, 0.1) is 0 Å². The molecule has 0 amide bonds. The number of hydrogen-bond donors (Lipinski definition) is 1. The average molecular weight is 359 g/mol. The maximum Gasteiger partial charge on any atom is 0.183 e. The van der Waals surface area contributed by atoms with E-state index in [1.807, 2.05) is 47.8 Å². The number of aromatic nitrogens is 1. The van der Waals surface area contributed by atoms with Crippen LogP contribution in [0.2, 0.25) is 5.02 Å². The van der Waals surface area contributed by atoms with Gasteiger partial charge in [-0.05, 0) is 18.1 Å². The van der Waals surface area contributed by atoms with E-state index in [0.717, 1.165) is 41.0 Å². The van der Waals surface area contributed by atoms with Crippen molar-refractivity contribution in [3.05, 3.63) is 70.6 Å². The Labute approximate surface area is 151 Å². The maximum atomic E-state index is 6.21. The van der Waals surface area contributed by atoms with Gasteiger partial charge in [0.05, 0.1) is 12.3 Å². The van der Waals surface area contributed by atoms with Crippen molar-refractivity contribution in [2.24, 2.45) is 0 Å². The second-order valence-electron chi connectivity index (χ2n) is 5.34. The van der Waals surface area contributed by atoms with Crippen LogP contribution < -0.4 is 5.32 Å². The molecule has 3 nitrogen and oxygen atoms in total. The minimum absolute atomic E-state index is 0.661. The van der Waals surface area contributed by atoms with Gasteiger partial charge in [0, 0.05) is 29.1 Å². The molecule has 1 heterocycles. The molecule has 0 aliphatic carbocycles. The number of benzene rings is 2. The molecule has 0 atom stereocenters. The van der Waals surface area contributed by atoms with E-state index in [1.165, 1.54) is 5.56 Å². The smallest absolute Gasteiger partial charge is 0.183 e. The molecule has 0 saturated heterocycles. The Balaban J connectivity index is 1.39. The lowest BCUT2D eigenvalue weighted by Gasteiger charge is -2.05. The number of thiazole rings is 1. The maximum absolute atomic E-state index is 6.21. The van der Waals surface area contributed by atoms with Gasteiger partial charge in [0.15, 0.2) is 5.13 Å². The minimum Gasteiger partial charge on any atom is -0.377 e. The third-order valence-corrected chi connectivity index (χ3v) is 4.64. The van der Waals surface area contributed by atoms with Gasteiger partial charge in [0.1, 0.15) is 0 Å². The van der Waals surface area contributed by atoms with Gasteiger partial charge in [-0.25, -0.2) is 4.98 Å². The van der Waals surface area contributed by atoms with Gasteiger partial charge >= 0.3 is 0 Å². The molecule has 0 spiro atoms. The summed E-state index contributed by atoms with van der Waals surface area (Å²) in [5.41, 5.74) is 3.08. The van der Waals surface area contributed by atoms with Crippen molar-refractivity contribution in [2.75, 3.05) is 18.5 Å². The molecule has 1 aromatic heterocycles. The zero-order valence-corrected chi connectivity index (χ0v) is 14.8. The summed E-state index contributed by atoms with van der Waals surface area (Å²) < 4.78 is 5.67. The highest BCUT2D eigenvalue weighted by atomic mass is 35.5. The summed E-state index contributed by atoms with van der Waals surface area (Å²) in [6.07, 6.45) is 0.938. The van der Waals surface area contributed by atoms with Gasteiger partial charge in [-0.15, -0.1) is 11.3 Å². The first-order valence-corrected chi connectivity index (χ1v) is 9.14. The van der Waals surface area contributed by atoms with Crippen LogP contribution in [0.4, 0.5) is 5.13 Å². The summed E-state index contributed by atoms with van der Waals surface area (Å²) in [6, 6.07) is 18.0. The van der Waals surface area contributed by atoms with Crippen LogP contribution in [0.3, 0.4) is 0 Å². The molecule has 0 radical (unpaired) electrons. The van der Waals surface area contributed by atoms with Gasteiger partial charge in [-0.1, -0.05) is 60.1 Å². The molecule has 5 heteroatoms. The minimum atomic E-state index is 0.661. The predicted octanol–water partition coefficient (Wildman–Crippen LogP) is 5.48. The molecule has 3 rings (SSSR count). The SMILES string of the molecule is Clc1ccccc1-c1csc(NCCCOCc2ccccc2)n1. The van der Waals surface area contributed by atoms with Crippen LogP contribution in [0.5, 0.6) is 0 Å². The van der Waals surface area contributed by atoms with E-state index in [-0.39, 0.29) is 0 Å². The topological polar surface area (TPSA) is 34.1 Å². The molecule has 0 fully saturated rings. The van der Waals surface area contributed by atoms with Crippen molar-refractivity contribution in [3.63, 3.8) is 0 Å². The van der Waals surface area contributed by atoms with Gasteiger partial charge in [0.25, 0.3) is 0 Å². The van der Waals surface area contributed by atoms with Gasteiger partial charge in [-0.3, -0.25) is 0 Å². The van der Waals surface area contributed by atoms with Crippen LogP contribution >= 0.6 is 22.9 Å². The van der Waals surface area contributed by atoms with Gasteiger partial charge in [-0.2, -0.15) is 0 Å².